The molecule has 172 valence electrons. The molecule has 1 unspecified atom stereocenters. The van der Waals surface area contributed by atoms with Crippen molar-refractivity contribution >= 4 is 22.5 Å². The number of methoxy groups -OCH3 is 1. The lowest BCUT2D eigenvalue weighted by Gasteiger charge is -2.15. The van der Waals surface area contributed by atoms with Gasteiger partial charge in [0.2, 0.25) is 0 Å². The van der Waals surface area contributed by atoms with E-state index in [2.05, 4.69) is 15.1 Å². The van der Waals surface area contributed by atoms with Gasteiger partial charge in [-0.3, -0.25) is 4.79 Å². The average Bonchev–Trinajstić information content (AvgIpc) is 3.53. The maximum Gasteiger partial charge on any atom is 0.433 e. The first-order chi connectivity index (χ1) is 15.8. The molecule has 7 nitrogen and oxygen atoms in total. The molecule has 1 aromatic carbocycles. The third kappa shape index (κ3) is 3.69. The molecule has 0 saturated carbocycles. The Morgan fingerprint density at radius 1 is 1.27 bits per heavy atom. The van der Waals surface area contributed by atoms with Crippen LogP contribution in [0.1, 0.15) is 46.8 Å². The summed E-state index contributed by atoms with van der Waals surface area (Å²) >= 11 is 0. The summed E-state index contributed by atoms with van der Waals surface area (Å²) in [6.07, 6.45) is -3.54. The lowest BCUT2D eigenvalue weighted by molar-refractivity contribution is -0.142. The van der Waals surface area contributed by atoms with E-state index in [0.717, 1.165) is 21.5 Å². The number of aromatic nitrogens is 4. The molecule has 3 aromatic heterocycles. The third-order valence-corrected chi connectivity index (χ3v) is 6.12. The van der Waals surface area contributed by atoms with E-state index in [4.69, 9.17) is 4.74 Å². The molecular formula is C23H22F3N5O2. The molecule has 1 N–H and O–H groups in total. The van der Waals surface area contributed by atoms with Gasteiger partial charge in [-0.05, 0) is 37.1 Å². The van der Waals surface area contributed by atoms with Gasteiger partial charge in [0.25, 0.3) is 5.91 Å². The van der Waals surface area contributed by atoms with E-state index in [1.54, 1.807) is 31.1 Å². The highest BCUT2D eigenvalue weighted by Gasteiger charge is 2.36. The van der Waals surface area contributed by atoms with E-state index in [1.165, 1.54) is 0 Å². The number of hydrogen-bond acceptors (Lipinski definition) is 4. The maximum absolute atomic E-state index is 13.6. The lowest BCUT2D eigenvalue weighted by atomic mass is 10.1. The van der Waals surface area contributed by atoms with Crippen LogP contribution >= 0.6 is 0 Å². The number of carbonyl (C=O) groups excluding carboxylic acids is 1. The van der Waals surface area contributed by atoms with Gasteiger partial charge in [-0.1, -0.05) is 13.0 Å². The second kappa shape index (κ2) is 7.79. The predicted octanol–water partition coefficient (Wildman–Crippen LogP) is 4.43. The number of fused-ring (bicyclic) bond motifs is 2. The number of carbonyl (C=O) groups is 1. The predicted molar refractivity (Wildman–Crippen MR) is 115 cm³/mol. The summed E-state index contributed by atoms with van der Waals surface area (Å²) < 4.78 is 46.9. The SMILES string of the molecule is CCc1cc(C(F)(F)F)n2nc(C3CCN(C(=O)c4cc5c(OC)cccc5[nH]4)C3)cc2n1. The van der Waals surface area contributed by atoms with Crippen LogP contribution in [0.15, 0.2) is 36.4 Å². The summed E-state index contributed by atoms with van der Waals surface area (Å²) in [5, 5.41) is 5.05. The third-order valence-electron chi connectivity index (χ3n) is 6.12. The van der Waals surface area contributed by atoms with Crippen LogP contribution in [0.2, 0.25) is 0 Å². The molecule has 33 heavy (non-hydrogen) atoms. The number of nitrogens with zero attached hydrogens (tertiary/aromatic N) is 4. The molecule has 1 saturated heterocycles. The van der Waals surface area contributed by atoms with Gasteiger partial charge in [-0.2, -0.15) is 18.3 Å². The molecule has 0 bridgehead atoms. The number of halogens is 3. The molecule has 4 aromatic rings. The van der Waals surface area contributed by atoms with Crippen LogP contribution in [0.5, 0.6) is 5.75 Å². The van der Waals surface area contributed by atoms with Gasteiger partial charge in [0, 0.05) is 41.7 Å². The van der Waals surface area contributed by atoms with Crippen molar-refractivity contribution in [3.8, 4) is 5.75 Å². The van der Waals surface area contributed by atoms with Crippen molar-refractivity contribution in [1.82, 2.24) is 24.5 Å². The van der Waals surface area contributed by atoms with Gasteiger partial charge in [-0.25, -0.2) is 9.50 Å². The van der Waals surface area contributed by atoms with Crippen LogP contribution in [0.25, 0.3) is 16.6 Å². The van der Waals surface area contributed by atoms with E-state index >= 15 is 0 Å². The van der Waals surface area contributed by atoms with Crippen LogP contribution < -0.4 is 4.74 Å². The molecule has 1 aliphatic rings. The summed E-state index contributed by atoms with van der Waals surface area (Å²) in [5.41, 5.74) is 1.44. The number of hydrogen-bond donors (Lipinski definition) is 1. The minimum Gasteiger partial charge on any atom is -0.496 e. The molecule has 1 amide bonds. The van der Waals surface area contributed by atoms with Gasteiger partial charge in [0.1, 0.15) is 17.1 Å². The smallest absolute Gasteiger partial charge is 0.433 e. The Morgan fingerprint density at radius 2 is 2.09 bits per heavy atom. The summed E-state index contributed by atoms with van der Waals surface area (Å²) in [4.78, 5) is 22.2. The highest BCUT2D eigenvalue weighted by atomic mass is 19.4. The first-order valence-electron chi connectivity index (χ1n) is 10.7. The quantitative estimate of drug-likeness (QED) is 0.492. The Bertz CT molecular complexity index is 1360. The number of rotatable bonds is 4. The molecule has 1 aliphatic heterocycles. The van der Waals surface area contributed by atoms with E-state index < -0.39 is 11.9 Å². The van der Waals surface area contributed by atoms with Crippen molar-refractivity contribution < 1.29 is 22.7 Å². The Hall–Kier alpha value is -3.56. The summed E-state index contributed by atoms with van der Waals surface area (Å²) in [5.74, 6) is 0.342. The molecular weight excluding hydrogens is 435 g/mol. The minimum absolute atomic E-state index is 0.165. The summed E-state index contributed by atoms with van der Waals surface area (Å²) in [6, 6.07) is 9.94. The zero-order valence-corrected chi connectivity index (χ0v) is 18.1. The summed E-state index contributed by atoms with van der Waals surface area (Å²) in [6.45, 7) is 2.62. The standard InChI is InChI=1S/C23H22F3N5O2/c1-3-14-9-20(23(24,25)26)31-21(27-14)11-17(29-31)13-7-8-30(12-13)22(32)18-10-15-16(28-18)5-4-6-19(15)33-2/h4-6,9-11,13,28H,3,7-8,12H2,1-2H3. The van der Waals surface area contributed by atoms with Crippen molar-refractivity contribution in [1.29, 1.82) is 0 Å². The highest BCUT2D eigenvalue weighted by Crippen LogP contribution is 2.33. The highest BCUT2D eigenvalue weighted by molar-refractivity contribution is 5.99. The van der Waals surface area contributed by atoms with Crippen molar-refractivity contribution in [2.24, 2.45) is 0 Å². The number of alkyl halides is 3. The molecule has 1 fully saturated rings. The number of nitrogens with one attached hydrogen (secondary N) is 1. The number of amides is 1. The van der Waals surface area contributed by atoms with Crippen LogP contribution in [0.3, 0.4) is 0 Å². The Balaban J connectivity index is 1.41. The zero-order chi connectivity index (χ0) is 23.3. The number of benzene rings is 1. The summed E-state index contributed by atoms with van der Waals surface area (Å²) in [7, 11) is 1.58. The van der Waals surface area contributed by atoms with Gasteiger partial charge in [0.15, 0.2) is 5.65 Å². The van der Waals surface area contributed by atoms with E-state index in [0.29, 0.717) is 48.8 Å². The van der Waals surface area contributed by atoms with Gasteiger partial charge < -0.3 is 14.6 Å². The van der Waals surface area contributed by atoms with Crippen LogP contribution in [-0.2, 0) is 12.6 Å². The number of aryl methyl sites for hydroxylation is 1. The van der Waals surface area contributed by atoms with Gasteiger partial charge in [-0.15, -0.1) is 0 Å². The molecule has 0 spiro atoms. The van der Waals surface area contributed by atoms with Crippen molar-refractivity contribution in [3.63, 3.8) is 0 Å². The van der Waals surface area contributed by atoms with Crippen molar-refractivity contribution in [2.75, 3.05) is 20.2 Å². The van der Waals surface area contributed by atoms with Crippen molar-refractivity contribution in [3.05, 3.63) is 59.2 Å². The zero-order valence-electron chi connectivity index (χ0n) is 18.1. The van der Waals surface area contributed by atoms with E-state index in [-0.39, 0.29) is 17.5 Å². The Morgan fingerprint density at radius 3 is 2.82 bits per heavy atom. The van der Waals surface area contributed by atoms with E-state index in [9.17, 15) is 18.0 Å². The van der Waals surface area contributed by atoms with E-state index in [1.807, 2.05) is 18.2 Å². The number of H-pyrrole nitrogens is 1. The monoisotopic (exact) mass is 457 g/mol. The fourth-order valence-electron chi connectivity index (χ4n) is 4.40. The maximum atomic E-state index is 13.6. The Kier molecular flexibility index (Phi) is 5.02. The Labute approximate surface area is 187 Å². The fourth-order valence-corrected chi connectivity index (χ4v) is 4.40. The average molecular weight is 457 g/mol. The largest absolute Gasteiger partial charge is 0.496 e. The number of ether oxygens (including phenoxy) is 1. The van der Waals surface area contributed by atoms with Crippen molar-refractivity contribution in [2.45, 2.75) is 31.9 Å². The first-order valence-corrected chi connectivity index (χ1v) is 10.7. The fraction of sp³-hybridized carbons (Fsp3) is 0.348. The molecule has 1 atom stereocenters. The topological polar surface area (TPSA) is 75.5 Å². The van der Waals surface area contributed by atoms with Gasteiger partial charge in [0.05, 0.1) is 12.8 Å². The lowest BCUT2D eigenvalue weighted by Crippen LogP contribution is -2.28. The number of aromatic amines is 1. The first kappa shape index (κ1) is 21.3. The normalized spacial score (nSPS) is 16.8. The van der Waals surface area contributed by atoms with Crippen LogP contribution in [0, 0.1) is 0 Å². The minimum atomic E-state index is -4.54. The molecule has 5 rings (SSSR count). The second-order valence-electron chi connectivity index (χ2n) is 8.16. The molecule has 4 heterocycles. The van der Waals surface area contributed by atoms with Crippen LogP contribution in [-0.4, -0.2) is 50.6 Å². The van der Waals surface area contributed by atoms with Crippen LogP contribution in [0.4, 0.5) is 13.2 Å². The molecule has 0 aliphatic carbocycles. The molecule has 0 radical (unpaired) electrons. The molecule has 10 heteroatoms. The van der Waals surface area contributed by atoms with Gasteiger partial charge >= 0.3 is 6.18 Å². The second-order valence-corrected chi connectivity index (χ2v) is 8.16. The number of likely N-dealkylation sites (tertiary alicyclic amines) is 1.